The van der Waals surface area contributed by atoms with Crippen molar-refractivity contribution in [2.45, 2.75) is 39.2 Å². The Hall–Kier alpha value is -2.66. The molecule has 0 aliphatic carbocycles. The maximum absolute atomic E-state index is 12.6. The second-order valence-corrected chi connectivity index (χ2v) is 7.34. The van der Waals surface area contributed by atoms with Crippen molar-refractivity contribution in [2.75, 3.05) is 25.0 Å². The summed E-state index contributed by atoms with van der Waals surface area (Å²) in [7, 11) is 0. The summed E-state index contributed by atoms with van der Waals surface area (Å²) >= 11 is 0. The van der Waals surface area contributed by atoms with E-state index in [9.17, 15) is 9.59 Å². The molecule has 148 valence electrons. The number of carbonyl (C=O) groups is 2. The van der Waals surface area contributed by atoms with Crippen molar-refractivity contribution in [1.29, 1.82) is 0 Å². The predicted molar refractivity (Wildman–Crippen MR) is 111 cm³/mol. The van der Waals surface area contributed by atoms with Crippen LogP contribution in [-0.4, -0.2) is 42.5 Å². The number of hydrogen-bond donors (Lipinski definition) is 1. The first-order valence-corrected chi connectivity index (χ1v) is 9.88. The van der Waals surface area contributed by atoms with E-state index in [0.29, 0.717) is 37.4 Å². The van der Waals surface area contributed by atoms with Crippen molar-refractivity contribution in [3.63, 3.8) is 0 Å². The van der Waals surface area contributed by atoms with Gasteiger partial charge in [-0.05, 0) is 62.1 Å². The van der Waals surface area contributed by atoms with Gasteiger partial charge in [0.15, 0.2) is 0 Å². The fourth-order valence-corrected chi connectivity index (χ4v) is 3.44. The number of hydrogen-bond acceptors (Lipinski definition) is 3. The third kappa shape index (κ3) is 5.42. The van der Waals surface area contributed by atoms with Gasteiger partial charge in [0, 0.05) is 30.8 Å². The molecule has 1 aliphatic heterocycles. The van der Waals surface area contributed by atoms with Gasteiger partial charge in [-0.3, -0.25) is 9.59 Å². The van der Waals surface area contributed by atoms with Gasteiger partial charge in [-0.2, -0.15) is 0 Å². The van der Waals surface area contributed by atoms with Crippen LogP contribution in [0.3, 0.4) is 0 Å². The van der Waals surface area contributed by atoms with E-state index >= 15 is 0 Å². The number of rotatable bonds is 6. The van der Waals surface area contributed by atoms with Crippen molar-refractivity contribution in [3.05, 3.63) is 65.2 Å². The minimum absolute atomic E-state index is 0.00494. The number of benzene rings is 2. The Kier molecular flexibility index (Phi) is 6.82. The number of nitrogens with one attached hydrogen (secondary N) is 1. The number of ether oxygens (including phenoxy) is 1. The molecule has 3 rings (SSSR count). The van der Waals surface area contributed by atoms with Gasteiger partial charge in [-0.15, -0.1) is 0 Å². The van der Waals surface area contributed by atoms with Gasteiger partial charge in [-0.1, -0.05) is 24.3 Å². The van der Waals surface area contributed by atoms with Crippen LogP contribution in [0.2, 0.25) is 0 Å². The Morgan fingerprint density at radius 1 is 1.14 bits per heavy atom. The summed E-state index contributed by atoms with van der Waals surface area (Å²) in [6, 6.07) is 15.4. The quantitative estimate of drug-likeness (QED) is 0.829. The van der Waals surface area contributed by atoms with Gasteiger partial charge in [0.25, 0.3) is 5.91 Å². The van der Waals surface area contributed by atoms with E-state index in [4.69, 9.17) is 4.74 Å². The molecule has 0 radical (unpaired) electrons. The van der Waals surface area contributed by atoms with Crippen LogP contribution in [0.4, 0.5) is 5.69 Å². The largest absolute Gasteiger partial charge is 0.375 e. The molecular formula is C23H28N2O3. The number of aryl methyl sites for hydroxylation is 2. The zero-order valence-corrected chi connectivity index (χ0v) is 16.6. The normalized spacial score (nSPS) is 16.6. The standard InChI is InChI=1S/C23H28N2O3/c1-17-6-3-4-7-19(17)8-5-9-22(26)24-21-12-10-20(11-13-21)23(27)25-14-15-28-18(2)16-25/h3-4,6-7,10-13,18H,5,8-9,14-16H2,1-2H3,(H,24,26). The van der Waals surface area contributed by atoms with Crippen molar-refractivity contribution < 1.29 is 14.3 Å². The van der Waals surface area contributed by atoms with Crippen LogP contribution < -0.4 is 5.32 Å². The lowest BCUT2D eigenvalue weighted by Crippen LogP contribution is -2.44. The number of nitrogens with zero attached hydrogens (tertiary/aromatic N) is 1. The molecule has 1 N–H and O–H groups in total. The van der Waals surface area contributed by atoms with Crippen LogP contribution in [0.15, 0.2) is 48.5 Å². The number of carbonyl (C=O) groups excluding carboxylic acids is 2. The van der Waals surface area contributed by atoms with E-state index in [1.54, 1.807) is 24.3 Å². The van der Waals surface area contributed by atoms with Crippen molar-refractivity contribution in [1.82, 2.24) is 4.90 Å². The summed E-state index contributed by atoms with van der Waals surface area (Å²) in [6.07, 6.45) is 2.24. The molecule has 1 aliphatic rings. The highest BCUT2D eigenvalue weighted by molar-refractivity contribution is 5.95. The molecule has 0 aromatic heterocycles. The molecule has 1 unspecified atom stereocenters. The lowest BCUT2D eigenvalue weighted by molar-refractivity contribution is -0.116. The molecule has 1 saturated heterocycles. The van der Waals surface area contributed by atoms with Gasteiger partial charge in [0.05, 0.1) is 12.7 Å². The first-order chi connectivity index (χ1) is 13.5. The number of amides is 2. The molecule has 5 heteroatoms. The van der Waals surface area contributed by atoms with Crippen LogP contribution in [0.1, 0.15) is 41.3 Å². The molecule has 2 amide bonds. The number of morpholine rings is 1. The lowest BCUT2D eigenvalue weighted by Gasteiger charge is -2.31. The average Bonchev–Trinajstić information content (AvgIpc) is 2.69. The Morgan fingerprint density at radius 3 is 2.61 bits per heavy atom. The summed E-state index contributed by atoms with van der Waals surface area (Å²) < 4.78 is 5.48. The van der Waals surface area contributed by atoms with E-state index in [1.807, 2.05) is 24.0 Å². The van der Waals surface area contributed by atoms with E-state index in [1.165, 1.54) is 11.1 Å². The van der Waals surface area contributed by atoms with E-state index in [-0.39, 0.29) is 17.9 Å². The zero-order valence-electron chi connectivity index (χ0n) is 16.6. The topological polar surface area (TPSA) is 58.6 Å². The first kappa shape index (κ1) is 20.1. The molecule has 1 fully saturated rings. The van der Waals surface area contributed by atoms with Crippen molar-refractivity contribution in [3.8, 4) is 0 Å². The second-order valence-electron chi connectivity index (χ2n) is 7.34. The van der Waals surface area contributed by atoms with Gasteiger partial charge in [-0.25, -0.2) is 0 Å². The van der Waals surface area contributed by atoms with Crippen LogP contribution >= 0.6 is 0 Å². The van der Waals surface area contributed by atoms with E-state index in [0.717, 1.165) is 12.8 Å². The summed E-state index contributed by atoms with van der Waals surface area (Å²) in [4.78, 5) is 26.6. The Labute approximate surface area is 166 Å². The molecule has 2 aromatic carbocycles. The molecule has 0 bridgehead atoms. The van der Waals surface area contributed by atoms with Crippen molar-refractivity contribution >= 4 is 17.5 Å². The van der Waals surface area contributed by atoms with Gasteiger partial charge in [0.2, 0.25) is 5.91 Å². The first-order valence-electron chi connectivity index (χ1n) is 9.88. The summed E-state index contributed by atoms with van der Waals surface area (Å²) in [5.41, 5.74) is 3.90. The fourth-order valence-electron chi connectivity index (χ4n) is 3.44. The van der Waals surface area contributed by atoms with E-state index < -0.39 is 0 Å². The molecule has 0 spiro atoms. The smallest absolute Gasteiger partial charge is 0.254 e. The minimum atomic E-state index is -0.00494. The molecule has 2 aromatic rings. The summed E-state index contributed by atoms with van der Waals surface area (Å²) in [5, 5.41) is 2.91. The summed E-state index contributed by atoms with van der Waals surface area (Å²) in [5.74, 6) is 0.000854. The zero-order chi connectivity index (χ0) is 19.9. The minimum Gasteiger partial charge on any atom is -0.375 e. The van der Waals surface area contributed by atoms with Crippen LogP contribution in [0.25, 0.3) is 0 Å². The fraction of sp³-hybridized carbons (Fsp3) is 0.391. The molecule has 5 nitrogen and oxygen atoms in total. The SMILES string of the molecule is Cc1ccccc1CCCC(=O)Nc1ccc(C(=O)N2CCOC(C)C2)cc1. The maximum Gasteiger partial charge on any atom is 0.254 e. The Balaban J connectivity index is 1.47. The Bertz CT molecular complexity index is 817. The molecule has 28 heavy (non-hydrogen) atoms. The van der Waals surface area contributed by atoms with Crippen molar-refractivity contribution in [2.24, 2.45) is 0 Å². The molecular weight excluding hydrogens is 352 g/mol. The highest BCUT2D eigenvalue weighted by Crippen LogP contribution is 2.15. The van der Waals surface area contributed by atoms with Crippen LogP contribution in [0, 0.1) is 6.92 Å². The maximum atomic E-state index is 12.6. The second kappa shape index (κ2) is 9.51. The molecule has 1 heterocycles. The summed E-state index contributed by atoms with van der Waals surface area (Å²) in [6.45, 7) is 5.86. The van der Waals surface area contributed by atoms with Gasteiger partial charge in [0.1, 0.15) is 0 Å². The van der Waals surface area contributed by atoms with Crippen LogP contribution in [0.5, 0.6) is 0 Å². The highest BCUT2D eigenvalue weighted by Gasteiger charge is 2.22. The average molecular weight is 380 g/mol. The third-order valence-electron chi connectivity index (χ3n) is 5.06. The molecule has 0 saturated carbocycles. The van der Waals surface area contributed by atoms with Crippen LogP contribution in [-0.2, 0) is 16.0 Å². The van der Waals surface area contributed by atoms with E-state index in [2.05, 4.69) is 24.4 Å². The lowest BCUT2D eigenvalue weighted by atomic mass is 10.0. The highest BCUT2D eigenvalue weighted by atomic mass is 16.5. The number of anilines is 1. The predicted octanol–water partition coefficient (Wildman–Crippen LogP) is 3.82. The molecule has 1 atom stereocenters. The third-order valence-corrected chi connectivity index (χ3v) is 5.06. The van der Waals surface area contributed by atoms with Gasteiger partial charge >= 0.3 is 0 Å². The Morgan fingerprint density at radius 2 is 1.89 bits per heavy atom. The van der Waals surface area contributed by atoms with Gasteiger partial charge < -0.3 is 15.0 Å². The monoisotopic (exact) mass is 380 g/mol.